The number of nitrogens with zero attached hydrogens (tertiary/aromatic N) is 2. The molecular formula is C24H26ClN3O. The number of allylic oxidation sites excluding steroid dienone is 1. The van der Waals surface area contributed by atoms with Crippen molar-refractivity contribution >= 4 is 33.9 Å². The summed E-state index contributed by atoms with van der Waals surface area (Å²) in [7, 11) is 0. The summed E-state index contributed by atoms with van der Waals surface area (Å²) in [4.78, 5) is 6.84. The summed E-state index contributed by atoms with van der Waals surface area (Å²) in [5.41, 5.74) is 4.61. The minimum absolute atomic E-state index is 0.382. The fourth-order valence-corrected chi connectivity index (χ4v) is 4.17. The van der Waals surface area contributed by atoms with Crippen molar-refractivity contribution in [2.24, 2.45) is 0 Å². The van der Waals surface area contributed by atoms with Gasteiger partial charge in [-0.3, -0.25) is 9.88 Å². The maximum atomic E-state index is 10.8. The fraction of sp³-hybridized carbons (Fsp3) is 0.292. The van der Waals surface area contributed by atoms with Crippen LogP contribution in [-0.4, -0.2) is 28.1 Å². The van der Waals surface area contributed by atoms with Crippen molar-refractivity contribution in [1.29, 1.82) is 0 Å². The number of aromatic nitrogens is 1. The molecule has 4 nitrogen and oxygen atoms in total. The average Bonchev–Trinajstić information content (AvgIpc) is 2.72. The number of hydrogen-bond acceptors (Lipinski definition) is 4. The van der Waals surface area contributed by atoms with Crippen LogP contribution in [0.25, 0.3) is 10.9 Å². The van der Waals surface area contributed by atoms with Crippen molar-refractivity contribution in [3.63, 3.8) is 0 Å². The lowest BCUT2D eigenvalue weighted by atomic mass is 10.0. The van der Waals surface area contributed by atoms with Gasteiger partial charge in [0.25, 0.3) is 0 Å². The number of nitrogens with one attached hydrogen (secondary N) is 1. The van der Waals surface area contributed by atoms with Crippen LogP contribution in [0.3, 0.4) is 0 Å². The molecule has 2 heterocycles. The molecule has 1 aliphatic heterocycles. The number of anilines is 2. The van der Waals surface area contributed by atoms with Crippen LogP contribution in [0.2, 0.25) is 5.02 Å². The Morgan fingerprint density at radius 3 is 2.69 bits per heavy atom. The number of likely N-dealkylation sites (tertiary alicyclic amines) is 1. The molecule has 1 saturated heterocycles. The highest BCUT2D eigenvalue weighted by Gasteiger charge is 2.16. The molecule has 5 heteroatoms. The monoisotopic (exact) mass is 407 g/mol. The number of phenolic OH excluding ortho intramolecular Hbond substituents is 1. The van der Waals surface area contributed by atoms with Crippen LogP contribution in [0.1, 0.15) is 30.4 Å². The molecule has 0 unspecified atom stereocenters. The highest BCUT2D eigenvalue weighted by atomic mass is 35.5. The molecule has 29 heavy (non-hydrogen) atoms. The SMILES string of the molecule is C=CCc1cc(Nc2ccnc3cc(Cl)ccc23)cc(CN2CCCCC2)c1O. The van der Waals surface area contributed by atoms with Crippen molar-refractivity contribution in [3.8, 4) is 5.75 Å². The van der Waals surface area contributed by atoms with Crippen LogP contribution in [0, 0.1) is 0 Å². The van der Waals surface area contributed by atoms with Crippen molar-refractivity contribution in [2.45, 2.75) is 32.2 Å². The van der Waals surface area contributed by atoms with E-state index >= 15 is 0 Å². The molecule has 0 aliphatic carbocycles. The zero-order valence-electron chi connectivity index (χ0n) is 16.5. The summed E-state index contributed by atoms with van der Waals surface area (Å²) in [6.45, 7) is 6.78. The third kappa shape index (κ3) is 4.55. The highest BCUT2D eigenvalue weighted by molar-refractivity contribution is 6.31. The van der Waals surface area contributed by atoms with Crippen molar-refractivity contribution < 1.29 is 5.11 Å². The van der Waals surface area contributed by atoms with Gasteiger partial charge in [-0.15, -0.1) is 6.58 Å². The molecule has 0 saturated carbocycles. The molecular weight excluding hydrogens is 382 g/mol. The topological polar surface area (TPSA) is 48.4 Å². The lowest BCUT2D eigenvalue weighted by Gasteiger charge is -2.27. The standard InChI is InChI=1S/C24H26ClN3O/c1-2-6-17-13-20(14-18(24(17)29)16-28-11-4-3-5-12-28)27-22-9-10-26-23-15-19(25)7-8-21(22)23/h2,7-10,13-15,29H,1,3-6,11-12,16H2,(H,26,27). The molecule has 0 radical (unpaired) electrons. The van der Waals surface area contributed by atoms with Gasteiger partial charge in [0.15, 0.2) is 0 Å². The third-order valence-corrected chi connectivity index (χ3v) is 5.69. The smallest absolute Gasteiger partial charge is 0.123 e. The van der Waals surface area contributed by atoms with Crippen LogP contribution in [0.5, 0.6) is 5.75 Å². The van der Waals surface area contributed by atoms with Gasteiger partial charge in [-0.1, -0.05) is 24.1 Å². The Morgan fingerprint density at radius 1 is 1.10 bits per heavy atom. The summed E-state index contributed by atoms with van der Waals surface area (Å²) >= 11 is 6.12. The first-order valence-corrected chi connectivity index (χ1v) is 10.5. The molecule has 1 aromatic heterocycles. The summed E-state index contributed by atoms with van der Waals surface area (Å²) < 4.78 is 0. The van der Waals surface area contributed by atoms with Crippen LogP contribution >= 0.6 is 11.6 Å². The molecule has 0 atom stereocenters. The van der Waals surface area contributed by atoms with Gasteiger partial charge in [-0.2, -0.15) is 0 Å². The molecule has 0 spiro atoms. The molecule has 4 rings (SSSR count). The Bertz CT molecular complexity index is 1030. The van der Waals surface area contributed by atoms with Crippen LogP contribution in [0.15, 0.2) is 55.3 Å². The summed E-state index contributed by atoms with van der Waals surface area (Å²) in [5, 5.41) is 16.0. The molecule has 150 valence electrons. The van der Waals surface area contributed by atoms with E-state index in [1.54, 1.807) is 6.20 Å². The molecule has 2 N–H and O–H groups in total. The van der Waals surface area contributed by atoms with E-state index in [1.165, 1.54) is 19.3 Å². The van der Waals surface area contributed by atoms with Gasteiger partial charge < -0.3 is 10.4 Å². The molecule has 3 aromatic rings. The Morgan fingerprint density at radius 2 is 1.90 bits per heavy atom. The zero-order valence-corrected chi connectivity index (χ0v) is 17.3. The molecule has 2 aromatic carbocycles. The number of pyridine rings is 1. The molecule has 1 aliphatic rings. The van der Waals surface area contributed by atoms with Gasteiger partial charge in [-0.05, 0) is 68.8 Å². The lowest BCUT2D eigenvalue weighted by molar-refractivity contribution is 0.218. The van der Waals surface area contributed by atoms with Gasteiger partial charge in [0.2, 0.25) is 0 Å². The van der Waals surface area contributed by atoms with Gasteiger partial charge in [0.1, 0.15) is 5.75 Å². The minimum Gasteiger partial charge on any atom is -0.507 e. The molecule has 1 fully saturated rings. The number of rotatable bonds is 6. The van der Waals surface area contributed by atoms with Gasteiger partial charge in [-0.25, -0.2) is 0 Å². The first kappa shape index (κ1) is 19.7. The van der Waals surface area contributed by atoms with Crippen LogP contribution in [-0.2, 0) is 13.0 Å². The predicted octanol–water partition coefficient (Wildman–Crippen LogP) is 6.05. The van der Waals surface area contributed by atoms with E-state index < -0.39 is 0 Å². The van der Waals surface area contributed by atoms with Crippen LogP contribution < -0.4 is 5.32 Å². The number of hydrogen-bond donors (Lipinski definition) is 2. The van der Waals surface area contributed by atoms with Gasteiger partial charge in [0, 0.05) is 45.7 Å². The lowest BCUT2D eigenvalue weighted by Crippen LogP contribution is -2.29. The maximum absolute atomic E-state index is 10.8. The first-order chi connectivity index (χ1) is 14.1. The Hall–Kier alpha value is -2.56. The number of aromatic hydroxyl groups is 1. The van der Waals surface area contributed by atoms with E-state index in [0.29, 0.717) is 17.2 Å². The highest BCUT2D eigenvalue weighted by Crippen LogP contribution is 2.33. The van der Waals surface area contributed by atoms with E-state index in [2.05, 4.69) is 27.8 Å². The minimum atomic E-state index is 0.382. The Labute approximate surface area is 176 Å². The van der Waals surface area contributed by atoms with Crippen molar-refractivity contribution in [2.75, 3.05) is 18.4 Å². The second-order valence-corrected chi connectivity index (χ2v) is 8.05. The second kappa shape index (κ2) is 8.85. The number of fused-ring (bicyclic) bond motifs is 1. The quantitative estimate of drug-likeness (QED) is 0.385. The Balaban J connectivity index is 1.68. The summed E-state index contributed by atoms with van der Waals surface area (Å²) in [6, 6.07) is 11.7. The third-order valence-electron chi connectivity index (χ3n) is 5.46. The van der Waals surface area contributed by atoms with Crippen LogP contribution in [0.4, 0.5) is 11.4 Å². The fourth-order valence-electron chi connectivity index (χ4n) is 4.01. The normalized spacial score (nSPS) is 14.8. The van der Waals surface area contributed by atoms with E-state index in [0.717, 1.165) is 53.0 Å². The molecule has 0 bridgehead atoms. The van der Waals surface area contributed by atoms with E-state index in [1.807, 2.05) is 36.4 Å². The summed E-state index contributed by atoms with van der Waals surface area (Å²) in [5.74, 6) is 0.382. The predicted molar refractivity (Wildman–Crippen MR) is 121 cm³/mol. The first-order valence-electron chi connectivity index (χ1n) is 10.1. The maximum Gasteiger partial charge on any atom is 0.123 e. The summed E-state index contributed by atoms with van der Waals surface area (Å²) in [6.07, 6.45) is 7.98. The van der Waals surface area contributed by atoms with Gasteiger partial charge >= 0.3 is 0 Å². The number of piperidine rings is 1. The van der Waals surface area contributed by atoms with E-state index in [-0.39, 0.29) is 0 Å². The number of phenols is 1. The molecule has 0 amide bonds. The number of benzene rings is 2. The van der Waals surface area contributed by atoms with Gasteiger partial charge in [0.05, 0.1) is 5.52 Å². The average molecular weight is 408 g/mol. The Kier molecular flexibility index (Phi) is 6.02. The van der Waals surface area contributed by atoms with Crippen molar-refractivity contribution in [3.05, 3.63) is 71.4 Å². The largest absolute Gasteiger partial charge is 0.507 e. The van der Waals surface area contributed by atoms with E-state index in [9.17, 15) is 5.11 Å². The zero-order chi connectivity index (χ0) is 20.2. The van der Waals surface area contributed by atoms with Crippen molar-refractivity contribution in [1.82, 2.24) is 9.88 Å². The van der Waals surface area contributed by atoms with E-state index in [4.69, 9.17) is 11.6 Å². The second-order valence-electron chi connectivity index (χ2n) is 7.62. The number of halogens is 1.